The molecule has 0 bridgehead atoms. The number of hydrogen-bond acceptors (Lipinski definition) is 3. The smallest absolute Gasteiger partial charge is 0.231 e. The van der Waals surface area contributed by atoms with Gasteiger partial charge in [-0.2, -0.15) is 0 Å². The van der Waals surface area contributed by atoms with Gasteiger partial charge < -0.3 is 14.8 Å². The first-order valence-electron chi connectivity index (χ1n) is 7.01. The Morgan fingerprint density at radius 2 is 1.95 bits per heavy atom. The van der Waals surface area contributed by atoms with Gasteiger partial charge in [-0.3, -0.25) is 0 Å². The van der Waals surface area contributed by atoms with E-state index in [0.717, 1.165) is 22.5 Å². The third-order valence-corrected chi connectivity index (χ3v) is 4.60. The molecular formula is C17H18BrNO2. The monoisotopic (exact) mass is 347 g/mol. The summed E-state index contributed by atoms with van der Waals surface area (Å²) in [5, 5.41) is 3.54. The molecule has 2 aromatic carbocycles. The van der Waals surface area contributed by atoms with E-state index in [9.17, 15) is 0 Å². The summed E-state index contributed by atoms with van der Waals surface area (Å²) in [5.74, 6) is 1.66. The summed E-state index contributed by atoms with van der Waals surface area (Å²) in [6, 6.07) is 12.8. The Labute approximate surface area is 133 Å². The lowest BCUT2D eigenvalue weighted by Gasteiger charge is -2.15. The van der Waals surface area contributed by atoms with Crippen molar-refractivity contribution in [2.75, 3.05) is 6.79 Å². The van der Waals surface area contributed by atoms with Crippen molar-refractivity contribution in [3.63, 3.8) is 0 Å². The summed E-state index contributed by atoms with van der Waals surface area (Å²) in [5.41, 5.74) is 3.72. The van der Waals surface area contributed by atoms with Crippen LogP contribution in [0.1, 0.15) is 29.7 Å². The zero-order valence-corrected chi connectivity index (χ0v) is 13.7. The molecule has 0 saturated carbocycles. The highest BCUT2D eigenvalue weighted by atomic mass is 79.9. The van der Waals surface area contributed by atoms with Crippen molar-refractivity contribution in [1.82, 2.24) is 5.32 Å². The van der Waals surface area contributed by atoms with Gasteiger partial charge in [0.1, 0.15) is 0 Å². The Morgan fingerprint density at radius 1 is 1.14 bits per heavy atom. The number of aryl methyl sites for hydroxylation is 1. The van der Waals surface area contributed by atoms with Crippen LogP contribution in [0.15, 0.2) is 40.9 Å². The highest BCUT2D eigenvalue weighted by Gasteiger charge is 2.15. The van der Waals surface area contributed by atoms with Crippen LogP contribution in [0.3, 0.4) is 0 Å². The van der Waals surface area contributed by atoms with E-state index in [2.05, 4.69) is 59.4 Å². The number of ether oxygens (including phenoxy) is 2. The fraction of sp³-hybridized carbons (Fsp3) is 0.294. The summed E-state index contributed by atoms with van der Waals surface area (Å²) in [6.07, 6.45) is 0. The van der Waals surface area contributed by atoms with Crippen LogP contribution in [0.5, 0.6) is 11.5 Å². The zero-order chi connectivity index (χ0) is 14.8. The molecule has 0 radical (unpaired) electrons. The van der Waals surface area contributed by atoms with Gasteiger partial charge in [-0.15, -0.1) is 0 Å². The Bertz CT molecular complexity index is 657. The lowest BCUT2D eigenvalue weighted by atomic mass is 10.1. The molecule has 3 rings (SSSR count). The summed E-state index contributed by atoms with van der Waals surface area (Å²) in [6.45, 7) is 5.39. The molecule has 0 fully saturated rings. The number of halogens is 1. The molecule has 2 aromatic rings. The summed E-state index contributed by atoms with van der Waals surface area (Å²) >= 11 is 3.57. The molecule has 0 spiro atoms. The van der Waals surface area contributed by atoms with E-state index in [4.69, 9.17) is 9.47 Å². The predicted molar refractivity (Wildman–Crippen MR) is 86.7 cm³/mol. The fourth-order valence-corrected chi connectivity index (χ4v) is 2.74. The molecule has 1 N–H and O–H groups in total. The normalized spacial score (nSPS) is 14.2. The zero-order valence-electron chi connectivity index (χ0n) is 12.2. The first kappa shape index (κ1) is 14.4. The van der Waals surface area contributed by atoms with E-state index in [0.29, 0.717) is 6.79 Å². The Balaban J connectivity index is 1.66. The molecule has 0 aromatic heterocycles. The van der Waals surface area contributed by atoms with Gasteiger partial charge in [0, 0.05) is 17.1 Å². The molecule has 0 saturated heterocycles. The maximum absolute atomic E-state index is 5.42. The second-order valence-electron chi connectivity index (χ2n) is 5.30. The average Bonchev–Trinajstić information content (AvgIpc) is 2.95. The number of rotatable bonds is 4. The number of hydrogen-bond donors (Lipinski definition) is 1. The third-order valence-electron chi connectivity index (χ3n) is 3.75. The van der Waals surface area contributed by atoms with Crippen LogP contribution in [-0.2, 0) is 6.54 Å². The van der Waals surface area contributed by atoms with Gasteiger partial charge in [0.25, 0.3) is 0 Å². The third kappa shape index (κ3) is 3.22. The van der Waals surface area contributed by atoms with Crippen molar-refractivity contribution in [2.45, 2.75) is 26.4 Å². The van der Waals surface area contributed by atoms with Crippen molar-refractivity contribution < 1.29 is 9.47 Å². The largest absolute Gasteiger partial charge is 0.454 e. The van der Waals surface area contributed by atoms with Crippen molar-refractivity contribution >= 4 is 15.9 Å². The van der Waals surface area contributed by atoms with E-state index >= 15 is 0 Å². The van der Waals surface area contributed by atoms with Gasteiger partial charge in [0.2, 0.25) is 6.79 Å². The second kappa shape index (κ2) is 6.08. The SMILES string of the molecule is Cc1ccc(CNC(C)c2ccc3c(c2)OCO3)cc1Br. The Hall–Kier alpha value is -1.52. The highest BCUT2D eigenvalue weighted by molar-refractivity contribution is 9.10. The van der Waals surface area contributed by atoms with Crippen LogP contribution < -0.4 is 14.8 Å². The predicted octanol–water partition coefficient (Wildman–Crippen LogP) is 4.34. The molecule has 4 heteroatoms. The standard InChI is InChI=1S/C17H18BrNO2/c1-11-3-4-13(7-15(11)18)9-19-12(2)14-5-6-16-17(8-14)21-10-20-16/h3-8,12,19H,9-10H2,1-2H3. The first-order valence-corrected chi connectivity index (χ1v) is 7.81. The van der Waals surface area contributed by atoms with Gasteiger partial charge in [0.15, 0.2) is 11.5 Å². The van der Waals surface area contributed by atoms with Crippen molar-refractivity contribution in [3.05, 3.63) is 57.6 Å². The van der Waals surface area contributed by atoms with Crippen molar-refractivity contribution in [1.29, 1.82) is 0 Å². The highest BCUT2D eigenvalue weighted by Crippen LogP contribution is 2.34. The van der Waals surface area contributed by atoms with E-state index in [1.54, 1.807) is 0 Å². The minimum absolute atomic E-state index is 0.250. The van der Waals surface area contributed by atoms with Crippen LogP contribution in [0, 0.1) is 6.92 Å². The molecule has 3 nitrogen and oxygen atoms in total. The molecule has 1 aliphatic rings. The number of nitrogens with one attached hydrogen (secondary N) is 1. The lowest BCUT2D eigenvalue weighted by molar-refractivity contribution is 0.174. The van der Waals surface area contributed by atoms with Crippen LogP contribution in [0.25, 0.3) is 0 Å². The maximum Gasteiger partial charge on any atom is 0.231 e. The molecule has 21 heavy (non-hydrogen) atoms. The second-order valence-corrected chi connectivity index (χ2v) is 6.15. The Morgan fingerprint density at radius 3 is 2.76 bits per heavy atom. The summed E-state index contributed by atoms with van der Waals surface area (Å²) in [4.78, 5) is 0. The molecule has 0 amide bonds. The van der Waals surface area contributed by atoms with Crippen LogP contribution >= 0.6 is 15.9 Å². The van der Waals surface area contributed by atoms with E-state index in [-0.39, 0.29) is 6.04 Å². The van der Waals surface area contributed by atoms with Gasteiger partial charge in [-0.25, -0.2) is 0 Å². The molecule has 1 heterocycles. The minimum Gasteiger partial charge on any atom is -0.454 e. The average molecular weight is 348 g/mol. The Kier molecular flexibility index (Phi) is 4.17. The lowest BCUT2D eigenvalue weighted by Crippen LogP contribution is -2.18. The summed E-state index contributed by atoms with van der Waals surface area (Å²) in [7, 11) is 0. The minimum atomic E-state index is 0.250. The molecule has 1 unspecified atom stereocenters. The maximum atomic E-state index is 5.42. The van der Waals surface area contributed by atoms with Crippen LogP contribution in [0.4, 0.5) is 0 Å². The van der Waals surface area contributed by atoms with Crippen LogP contribution in [-0.4, -0.2) is 6.79 Å². The van der Waals surface area contributed by atoms with Gasteiger partial charge in [-0.1, -0.05) is 34.1 Å². The molecular weight excluding hydrogens is 330 g/mol. The fourth-order valence-electron chi connectivity index (χ4n) is 2.32. The van der Waals surface area contributed by atoms with E-state index < -0.39 is 0 Å². The van der Waals surface area contributed by atoms with E-state index in [1.165, 1.54) is 16.7 Å². The van der Waals surface area contributed by atoms with Crippen molar-refractivity contribution in [2.24, 2.45) is 0 Å². The molecule has 1 aliphatic heterocycles. The van der Waals surface area contributed by atoms with Crippen molar-refractivity contribution in [3.8, 4) is 11.5 Å². The molecule has 110 valence electrons. The van der Waals surface area contributed by atoms with E-state index in [1.807, 2.05) is 12.1 Å². The molecule has 1 atom stereocenters. The first-order chi connectivity index (χ1) is 10.1. The van der Waals surface area contributed by atoms with Gasteiger partial charge in [-0.05, 0) is 48.7 Å². The number of fused-ring (bicyclic) bond motifs is 1. The molecule has 0 aliphatic carbocycles. The van der Waals surface area contributed by atoms with Gasteiger partial charge in [0.05, 0.1) is 0 Å². The summed E-state index contributed by atoms with van der Waals surface area (Å²) < 4.78 is 11.9. The van der Waals surface area contributed by atoms with Gasteiger partial charge >= 0.3 is 0 Å². The topological polar surface area (TPSA) is 30.5 Å². The van der Waals surface area contributed by atoms with Crippen LogP contribution in [0.2, 0.25) is 0 Å². The quantitative estimate of drug-likeness (QED) is 0.892. The number of benzene rings is 2.